The largest absolute Gasteiger partial charge is 0.417 e. The Balaban J connectivity index is 2.22. The van der Waals surface area contributed by atoms with Gasteiger partial charge in [-0.3, -0.25) is 9.17 Å². The van der Waals surface area contributed by atoms with Crippen molar-refractivity contribution in [1.82, 2.24) is 4.98 Å². The Morgan fingerprint density at radius 2 is 2.23 bits per heavy atom. The van der Waals surface area contributed by atoms with Crippen LogP contribution in [0.3, 0.4) is 0 Å². The second kappa shape index (κ2) is 6.86. The van der Waals surface area contributed by atoms with Gasteiger partial charge in [0.2, 0.25) is 0 Å². The lowest BCUT2D eigenvalue weighted by Gasteiger charge is -2.18. The Labute approximate surface area is 133 Å². The van der Waals surface area contributed by atoms with Crippen LogP contribution in [0, 0.1) is 5.92 Å². The molecule has 0 saturated heterocycles. The molecule has 3 atom stereocenters. The lowest BCUT2D eigenvalue weighted by Crippen LogP contribution is -2.20. The quantitative estimate of drug-likeness (QED) is 0.704. The molecule has 2 rings (SSSR count). The Hall–Kier alpha value is -0.640. The molecule has 0 aromatic carbocycles. The van der Waals surface area contributed by atoms with Crippen LogP contribution in [0.1, 0.15) is 17.5 Å². The first-order valence-electron chi connectivity index (χ1n) is 6.44. The highest BCUT2D eigenvalue weighted by atomic mass is 32.2. The molecule has 1 aromatic rings. The van der Waals surface area contributed by atoms with E-state index in [4.69, 9.17) is 8.37 Å². The number of hydrogen-bond acceptors (Lipinski definition) is 5. The third-order valence-electron chi connectivity index (χ3n) is 3.74. The van der Waals surface area contributed by atoms with Crippen molar-refractivity contribution in [3.8, 4) is 0 Å². The van der Waals surface area contributed by atoms with Crippen molar-refractivity contribution >= 4 is 23.1 Å². The van der Waals surface area contributed by atoms with Gasteiger partial charge in [0.15, 0.2) is 11.1 Å². The van der Waals surface area contributed by atoms with Crippen molar-refractivity contribution in [3.63, 3.8) is 0 Å². The highest BCUT2D eigenvalue weighted by Gasteiger charge is 2.56. The molecule has 124 valence electrons. The second-order valence-corrected chi connectivity index (χ2v) is 6.74. The molecule has 1 heterocycles. The maximum Gasteiger partial charge on any atom is 0.417 e. The summed E-state index contributed by atoms with van der Waals surface area (Å²) in [6.07, 6.45) is 1.58. The van der Waals surface area contributed by atoms with Gasteiger partial charge >= 0.3 is 6.18 Å². The van der Waals surface area contributed by atoms with Crippen LogP contribution in [0.25, 0.3) is 0 Å². The maximum absolute atomic E-state index is 12.8. The minimum Gasteiger partial charge on any atom is -0.315 e. The van der Waals surface area contributed by atoms with Crippen molar-refractivity contribution in [2.75, 3.05) is 25.7 Å². The van der Waals surface area contributed by atoms with Gasteiger partial charge in [0, 0.05) is 30.3 Å². The third kappa shape index (κ3) is 4.01. The third-order valence-corrected chi connectivity index (χ3v) is 4.56. The summed E-state index contributed by atoms with van der Waals surface area (Å²) < 4.78 is 60.0. The first kappa shape index (κ1) is 17.7. The molecule has 0 spiro atoms. The molecule has 0 N–H and O–H groups in total. The zero-order valence-electron chi connectivity index (χ0n) is 12.1. The molecule has 3 unspecified atom stereocenters. The number of aromatic nitrogens is 1. The molecule has 0 aliphatic heterocycles. The molecule has 4 nitrogen and oxygen atoms in total. The Morgan fingerprint density at radius 1 is 1.50 bits per heavy atom. The molecule has 9 heteroatoms. The molecule has 1 aromatic heterocycles. The molecule has 22 heavy (non-hydrogen) atoms. The molecule has 0 radical (unpaired) electrons. The van der Waals surface area contributed by atoms with Gasteiger partial charge in [0.1, 0.15) is 0 Å². The number of alkyl halides is 3. The molecule has 0 amide bonds. The van der Waals surface area contributed by atoms with E-state index in [0.717, 1.165) is 24.3 Å². The first-order chi connectivity index (χ1) is 10.3. The fraction of sp³-hybridized carbons (Fsp3) is 0.615. The lowest BCUT2D eigenvalue weighted by atomic mass is 9.94. The predicted octanol–water partition coefficient (Wildman–Crippen LogP) is 2.96. The van der Waals surface area contributed by atoms with Crippen molar-refractivity contribution in [1.29, 1.82) is 0 Å². The van der Waals surface area contributed by atoms with Crippen LogP contribution in [-0.2, 0) is 31.0 Å². The number of rotatable bonds is 7. The highest BCUT2D eigenvalue weighted by molar-refractivity contribution is 7.93. The van der Waals surface area contributed by atoms with Crippen LogP contribution in [0.4, 0.5) is 13.2 Å². The van der Waals surface area contributed by atoms with E-state index in [1.54, 1.807) is 6.26 Å². The highest BCUT2D eigenvalue weighted by Crippen LogP contribution is 2.55. The predicted molar refractivity (Wildman–Crippen MR) is 78.5 cm³/mol. The number of halogens is 3. The summed E-state index contributed by atoms with van der Waals surface area (Å²) in [6, 6.07) is 1.11. The maximum atomic E-state index is 12.8. The average Bonchev–Trinajstić information content (AvgIpc) is 3.17. The number of nitrogens with zero attached hydrogens (tertiary/aromatic N) is 1. The minimum atomic E-state index is -4.43. The summed E-state index contributed by atoms with van der Waals surface area (Å²) >= 11 is -0.246. The fourth-order valence-electron chi connectivity index (χ4n) is 2.42. The van der Waals surface area contributed by atoms with E-state index < -0.39 is 28.2 Å². The molecule has 1 saturated carbocycles. The Morgan fingerprint density at radius 3 is 2.82 bits per heavy atom. The summed E-state index contributed by atoms with van der Waals surface area (Å²) in [4.78, 5) is 3.71. The van der Waals surface area contributed by atoms with Crippen molar-refractivity contribution in [2.45, 2.75) is 18.0 Å². The van der Waals surface area contributed by atoms with Crippen molar-refractivity contribution < 1.29 is 25.7 Å². The second-order valence-electron chi connectivity index (χ2n) is 5.13. The minimum absolute atomic E-state index is 0.0335. The van der Waals surface area contributed by atoms with Crippen LogP contribution < -0.4 is 0 Å². The monoisotopic (exact) mass is 355 g/mol. The van der Waals surface area contributed by atoms with Gasteiger partial charge in [0.25, 0.3) is 0 Å². The average molecular weight is 355 g/mol. The van der Waals surface area contributed by atoms with E-state index in [0.29, 0.717) is 12.0 Å². The molecular weight excluding hydrogens is 339 g/mol. The van der Waals surface area contributed by atoms with Crippen molar-refractivity contribution in [2.24, 2.45) is 5.92 Å². The van der Waals surface area contributed by atoms with E-state index in [1.165, 1.54) is 12.5 Å². The Bertz CT molecular complexity index is 556. The van der Waals surface area contributed by atoms with Gasteiger partial charge in [0.05, 0.1) is 18.8 Å². The van der Waals surface area contributed by atoms with E-state index >= 15 is 0 Å². The normalized spacial score (nSPS) is 26.0. The summed E-state index contributed by atoms with van der Waals surface area (Å²) in [5.74, 6) is -0.0335. The SMILES string of the molecule is CSOCC1(c2cncc(C(F)(F)F)c2)CC1COS(C)=O. The molecule has 1 aliphatic rings. The summed E-state index contributed by atoms with van der Waals surface area (Å²) in [7, 11) is 0. The van der Waals surface area contributed by atoms with Gasteiger partial charge in [-0.05, 0) is 36.0 Å². The standard InChI is InChI=1S/C13H16F3NO3S2/c1-21-19-8-12(4-11(12)7-20-22(2)18)9-3-10(6-17-5-9)13(14,15)16/h3,5-6,11H,4,7-8H2,1-2H3. The van der Waals surface area contributed by atoms with E-state index in [9.17, 15) is 17.4 Å². The van der Waals surface area contributed by atoms with Gasteiger partial charge in [-0.25, -0.2) is 4.21 Å². The molecule has 0 bridgehead atoms. The van der Waals surface area contributed by atoms with E-state index in [1.807, 2.05) is 0 Å². The molecular formula is C13H16F3NO3S2. The molecule has 1 fully saturated rings. The van der Waals surface area contributed by atoms with Crippen LogP contribution in [0.5, 0.6) is 0 Å². The first-order valence-corrected chi connectivity index (χ1v) is 9.08. The summed E-state index contributed by atoms with van der Waals surface area (Å²) in [6.45, 7) is 0.485. The van der Waals surface area contributed by atoms with Gasteiger partial charge in [-0.1, -0.05) is 0 Å². The van der Waals surface area contributed by atoms with Gasteiger partial charge in [-0.2, -0.15) is 13.2 Å². The fourth-order valence-corrected chi connectivity index (χ4v) is 3.11. The zero-order valence-corrected chi connectivity index (χ0v) is 13.7. The molecule has 1 aliphatic carbocycles. The van der Waals surface area contributed by atoms with Crippen LogP contribution in [-0.4, -0.2) is 34.9 Å². The topological polar surface area (TPSA) is 48.4 Å². The number of hydrogen-bond donors (Lipinski definition) is 0. The van der Waals surface area contributed by atoms with Crippen LogP contribution >= 0.6 is 12.0 Å². The summed E-state index contributed by atoms with van der Waals surface area (Å²) in [5.41, 5.74) is -0.859. The van der Waals surface area contributed by atoms with Gasteiger partial charge in [-0.15, -0.1) is 0 Å². The lowest BCUT2D eigenvalue weighted by molar-refractivity contribution is -0.137. The Kier molecular flexibility index (Phi) is 5.52. The van der Waals surface area contributed by atoms with Gasteiger partial charge < -0.3 is 4.18 Å². The summed E-state index contributed by atoms with van der Waals surface area (Å²) in [5, 5.41) is 0. The van der Waals surface area contributed by atoms with Crippen LogP contribution in [0.15, 0.2) is 18.5 Å². The van der Waals surface area contributed by atoms with Crippen LogP contribution in [0.2, 0.25) is 0 Å². The zero-order chi connectivity index (χ0) is 16.4. The van der Waals surface area contributed by atoms with E-state index in [2.05, 4.69) is 4.98 Å². The van der Waals surface area contributed by atoms with E-state index in [-0.39, 0.29) is 19.1 Å². The number of pyridine rings is 1. The smallest absolute Gasteiger partial charge is 0.315 e. The van der Waals surface area contributed by atoms with Crippen molar-refractivity contribution in [3.05, 3.63) is 29.6 Å².